The minimum Gasteiger partial charge on any atom is -0.381 e. The van der Waals surface area contributed by atoms with Crippen molar-refractivity contribution in [1.29, 1.82) is 0 Å². The molecule has 1 unspecified atom stereocenters. The Hall–Kier alpha value is 0.0300. The van der Waals surface area contributed by atoms with E-state index >= 15 is 0 Å². The van der Waals surface area contributed by atoms with Gasteiger partial charge >= 0.3 is 0 Å². The standard InChI is InChI=1S/C6H13NO3S/c1-7(11(8)9)6-2-4-10-5-3-6/h6H,2-5H2,1H3,(H,8,9). The molecule has 0 saturated carbocycles. The van der Waals surface area contributed by atoms with E-state index in [0.29, 0.717) is 13.2 Å². The Morgan fingerprint density at radius 1 is 1.55 bits per heavy atom. The summed E-state index contributed by atoms with van der Waals surface area (Å²) in [4.78, 5) is 0. The summed E-state index contributed by atoms with van der Waals surface area (Å²) < 4.78 is 25.9. The molecule has 66 valence electrons. The number of hydrogen-bond donors (Lipinski definition) is 1. The molecule has 4 nitrogen and oxygen atoms in total. The van der Waals surface area contributed by atoms with Crippen LogP contribution in [0.15, 0.2) is 0 Å². The average Bonchev–Trinajstić information content (AvgIpc) is 2.05. The van der Waals surface area contributed by atoms with Gasteiger partial charge in [0, 0.05) is 26.3 Å². The SMILES string of the molecule is CN(C1CCOCC1)S(=O)O. The lowest BCUT2D eigenvalue weighted by molar-refractivity contribution is 0.0629. The summed E-state index contributed by atoms with van der Waals surface area (Å²) in [6.07, 6.45) is 1.70. The lowest BCUT2D eigenvalue weighted by Crippen LogP contribution is -2.37. The quantitative estimate of drug-likeness (QED) is 0.617. The van der Waals surface area contributed by atoms with Gasteiger partial charge in [0.2, 0.25) is 11.3 Å². The van der Waals surface area contributed by atoms with Crippen LogP contribution in [0.2, 0.25) is 0 Å². The monoisotopic (exact) mass is 179 g/mol. The van der Waals surface area contributed by atoms with Crippen molar-refractivity contribution in [1.82, 2.24) is 4.31 Å². The minimum atomic E-state index is -1.83. The van der Waals surface area contributed by atoms with Gasteiger partial charge in [-0.3, -0.25) is 4.55 Å². The van der Waals surface area contributed by atoms with Gasteiger partial charge < -0.3 is 4.74 Å². The summed E-state index contributed by atoms with van der Waals surface area (Å²) in [5, 5.41) is 0. The number of hydrogen-bond acceptors (Lipinski definition) is 2. The largest absolute Gasteiger partial charge is 0.381 e. The first-order valence-corrected chi connectivity index (χ1v) is 4.69. The number of ether oxygens (including phenoxy) is 1. The van der Waals surface area contributed by atoms with Crippen molar-refractivity contribution in [3.63, 3.8) is 0 Å². The molecule has 0 aliphatic carbocycles. The summed E-state index contributed by atoms with van der Waals surface area (Å²) >= 11 is -1.83. The Kier molecular flexibility index (Phi) is 3.45. The van der Waals surface area contributed by atoms with Crippen LogP contribution in [-0.4, -0.2) is 39.4 Å². The highest BCUT2D eigenvalue weighted by atomic mass is 32.2. The number of rotatable bonds is 2. The fourth-order valence-corrected chi connectivity index (χ4v) is 1.64. The summed E-state index contributed by atoms with van der Waals surface area (Å²) in [5.41, 5.74) is 0. The fraction of sp³-hybridized carbons (Fsp3) is 1.00. The molecule has 0 aromatic rings. The number of nitrogens with zero attached hydrogens (tertiary/aromatic N) is 1. The third kappa shape index (κ3) is 2.52. The van der Waals surface area contributed by atoms with E-state index in [-0.39, 0.29) is 6.04 Å². The maximum atomic E-state index is 10.6. The summed E-state index contributed by atoms with van der Waals surface area (Å²) in [6.45, 7) is 1.40. The van der Waals surface area contributed by atoms with E-state index in [1.807, 2.05) is 0 Å². The molecule has 5 heteroatoms. The predicted molar refractivity (Wildman–Crippen MR) is 42.4 cm³/mol. The maximum Gasteiger partial charge on any atom is 0.234 e. The van der Waals surface area contributed by atoms with Crippen LogP contribution in [0.5, 0.6) is 0 Å². The summed E-state index contributed by atoms with van der Waals surface area (Å²) in [7, 11) is 1.66. The van der Waals surface area contributed by atoms with Crippen LogP contribution in [0.4, 0.5) is 0 Å². The zero-order valence-electron chi connectivity index (χ0n) is 6.52. The van der Waals surface area contributed by atoms with Crippen LogP contribution in [0.25, 0.3) is 0 Å². The Morgan fingerprint density at radius 3 is 2.55 bits per heavy atom. The van der Waals surface area contributed by atoms with Gasteiger partial charge in [-0.15, -0.1) is 0 Å². The fourth-order valence-electron chi connectivity index (χ4n) is 1.18. The Balaban J connectivity index is 2.38. The van der Waals surface area contributed by atoms with Gasteiger partial charge in [0.1, 0.15) is 0 Å². The van der Waals surface area contributed by atoms with Crippen molar-refractivity contribution >= 4 is 11.3 Å². The van der Waals surface area contributed by atoms with Gasteiger partial charge in [-0.25, -0.2) is 8.51 Å². The Bertz CT molecular complexity index is 147. The molecule has 0 amide bonds. The first-order chi connectivity index (χ1) is 5.22. The third-order valence-corrected chi connectivity index (χ3v) is 2.74. The van der Waals surface area contributed by atoms with Gasteiger partial charge in [-0.1, -0.05) is 0 Å². The van der Waals surface area contributed by atoms with Crippen molar-refractivity contribution in [2.75, 3.05) is 20.3 Å². The third-order valence-electron chi connectivity index (χ3n) is 1.95. The molecule has 1 saturated heterocycles. The predicted octanol–water partition coefficient (Wildman–Crippen LogP) is 0.234. The van der Waals surface area contributed by atoms with E-state index in [4.69, 9.17) is 9.29 Å². The van der Waals surface area contributed by atoms with Gasteiger partial charge in [0.25, 0.3) is 0 Å². The average molecular weight is 179 g/mol. The Morgan fingerprint density at radius 2 is 2.09 bits per heavy atom. The molecular weight excluding hydrogens is 166 g/mol. The van der Waals surface area contributed by atoms with E-state index in [2.05, 4.69) is 0 Å². The van der Waals surface area contributed by atoms with Gasteiger partial charge in [-0.2, -0.15) is 0 Å². The van der Waals surface area contributed by atoms with Crippen molar-refractivity contribution in [3.8, 4) is 0 Å². The molecule has 1 atom stereocenters. The molecule has 1 N–H and O–H groups in total. The zero-order chi connectivity index (χ0) is 8.27. The molecule has 1 fully saturated rings. The highest BCUT2D eigenvalue weighted by Crippen LogP contribution is 2.13. The van der Waals surface area contributed by atoms with Gasteiger partial charge in [0.05, 0.1) is 0 Å². The molecule has 11 heavy (non-hydrogen) atoms. The molecule has 1 aliphatic rings. The second-order valence-corrected chi connectivity index (χ2v) is 3.66. The van der Waals surface area contributed by atoms with E-state index in [0.717, 1.165) is 12.8 Å². The highest BCUT2D eigenvalue weighted by Gasteiger charge is 2.21. The zero-order valence-corrected chi connectivity index (χ0v) is 7.34. The van der Waals surface area contributed by atoms with Gasteiger partial charge in [0.15, 0.2) is 0 Å². The molecule has 0 bridgehead atoms. The molecule has 0 aromatic carbocycles. The van der Waals surface area contributed by atoms with E-state index in [1.54, 1.807) is 7.05 Å². The van der Waals surface area contributed by atoms with Crippen LogP contribution in [0.1, 0.15) is 12.8 Å². The highest BCUT2D eigenvalue weighted by molar-refractivity contribution is 7.76. The van der Waals surface area contributed by atoms with Crippen LogP contribution in [0.3, 0.4) is 0 Å². The molecule has 1 aliphatic heterocycles. The molecule has 1 heterocycles. The van der Waals surface area contributed by atoms with Crippen LogP contribution < -0.4 is 0 Å². The van der Waals surface area contributed by atoms with E-state index in [1.165, 1.54) is 4.31 Å². The minimum absolute atomic E-state index is 0.203. The Labute approximate surface area is 68.9 Å². The van der Waals surface area contributed by atoms with Crippen molar-refractivity contribution in [2.24, 2.45) is 0 Å². The van der Waals surface area contributed by atoms with E-state index in [9.17, 15) is 4.21 Å². The maximum absolute atomic E-state index is 10.6. The van der Waals surface area contributed by atoms with Gasteiger partial charge in [-0.05, 0) is 12.8 Å². The van der Waals surface area contributed by atoms with E-state index < -0.39 is 11.3 Å². The molecular formula is C6H13NO3S. The van der Waals surface area contributed by atoms with Crippen molar-refractivity contribution in [3.05, 3.63) is 0 Å². The molecule has 0 spiro atoms. The first kappa shape index (κ1) is 9.12. The van der Waals surface area contributed by atoms with Crippen LogP contribution in [-0.2, 0) is 16.0 Å². The van der Waals surface area contributed by atoms with Crippen LogP contribution >= 0.6 is 0 Å². The lowest BCUT2D eigenvalue weighted by Gasteiger charge is -2.27. The second-order valence-electron chi connectivity index (χ2n) is 2.62. The molecule has 0 radical (unpaired) electrons. The van der Waals surface area contributed by atoms with Crippen molar-refractivity contribution in [2.45, 2.75) is 18.9 Å². The normalized spacial score (nSPS) is 23.9. The summed E-state index contributed by atoms with van der Waals surface area (Å²) in [6, 6.07) is 0.203. The first-order valence-electron chi connectivity index (χ1n) is 3.63. The van der Waals surface area contributed by atoms with Crippen molar-refractivity contribution < 1.29 is 13.5 Å². The smallest absolute Gasteiger partial charge is 0.234 e. The lowest BCUT2D eigenvalue weighted by atomic mass is 10.1. The summed E-state index contributed by atoms with van der Waals surface area (Å²) in [5.74, 6) is 0. The second kappa shape index (κ2) is 4.15. The molecule has 0 aromatic heterocycles. The van der Waals surface area contributed by atoms with Crippen LogP contribution in [0, 0.1) is 0 Å². The molecule has 1 rings (SSSR count). The topological polar surface area (TPSA) is 49.8 Å².